The van der Waals surface area contributed by atoms with E-state index < -0.39 is 0 Å². The lowest BCUT2D eigenvalue weighted by molar-refractivity contribution is -0.122. The molecule has 27 heavy (non-hydrogen) atoms. The van der Waals surface area contributed by atoms with Crippen LogP contribution in [0.4, 0.5) is 5.69 Å². The summed E-state index contributed by atoms with van der Waals surface area (Å²) in [6, 6.07) is 16.7. The molecule has 2 aliphatic rings. The van der Waals surface area contributed by atoms with E-state index in [9.17, 15) is 4.79 Å². The minimum atomic E-state index is 0.0864. The number of ether oxygens (including phenoxy) is 1. The quantitative estimate of drug-likeness (QED) is 0.845. The number of carbonyl (C=O) groups excluding carboxylic acids is 1. The first kappa shape index (κ1) is 18.1. The monoisotopic (exact) mass is 364 g/mol. The summed E-state index contributed by atoms with van der Waals surface area (Å²) < 4.78 is 5.25. The first-order valence-electron chi connectivity index (χ1n) is 10.0. The Morgan fingerprint density at radius 1 is 1.04 bits per heavy atom. The summed E-state index contributed by atoms with van der Waals surface area (Å²) in [6.07, 6.45) is 6.05. The number of piperidine rings is 1. The molecule has 1 amide bonds. The normalized spacial score (nSPS) is 20.7. The van der Waals surface area contributed by atoms with Crippen LogP contribution in [0.5, 0.6) is 5.75 Å². The largest absolute Gasteiger partial charge is 0.497 e. The third-order valence-electron chi connectivity index (χ3n) is 6.00. The molecule has 0 radical (unpaired) electrons. The molecule has 1 heterocycles. The number of carbonyl (C=O) groups is 1. The van der Waals surface area contributed by atoms with Gasteiger partial charge in [-0.05, 0) is 56.0 Å². The Hall–Kier alpha value is -2.33. The van der Waals surface area contributed by atoms with E-state index in [0.29, 0.717) is 6.04 Å². The van der Waals surface area contributed by atoms with Gasteiger partial charge in [-0.3, -0.25) is 9.69 Å². The fourth-order valence-electron chi connectivity index (χ4n) is 4.15. The third kappa shape index (κ3) is 4.01. The van der Waals surface area contributed by atoms with Crippen molar-refractivity contribution in [2.24, 2.45) is 5.92 Å². The van der Waals surface area contributed by atoms with Gasteiger partial charge >= 0.3 is 0 Å². The number of likely N-dealkylation sites (tertiary alicyclic amines) is 1. The zero-order valence-electron chi connectivity index (χ0n) is 16.0. The van der Waals surface area contributed by atoms with Crippen LogP contribution in [0.3, 0.4) is 0 Å². The predicted octanol–water partition coefficient (Wildman–Crippen LogP) is 4.57. The fourth-order valence-corrected chi connectivity index (χ4v) is 4.15. The van der Waals surface area contributed by atoms with E-state index in [-0.39, 0.29) is 11.8 Å². The summed E-state index contributed by atoms with van der Waals surface area (Å²) in [6.45, 7) is 2.05. The second-order valence-corrected chi connectivity index (χ2v) is 7.68. The SMILES string of the molecule is COc1ccc(-c2ccccc2NC(=O)[C@H]2CCCN(C3CCC3)C2)cc1. The molecule has 1 atom stereocenters. The molecule has 1 saturated carbocycles. The number of para-hydroxylation sites is 1. The highest BCUT2D eigenvalue weighted by Crippen LogP contribution is 2.32. The van der Waals surface area contributed by atoms with Gasteiger partial charge < -0.3 is 10.1 Å². The molecule has 142 valence electrons. The topological polar surface area (TPSA) is 41.6 Å². The van der Waals surface area contributed by atoms with E-state index in [4.69, 9.17) is 4.74 Å². The summed E-state index contributed by atoms with van der Waals surface area (Å²) in [5, 5.41) is 3.21. The lowest BCUT2D eigenvalue weighted by atomic mass is 9.87. The Balaban J connectivity index is 1.47. The summed E-state index contributed by atoms with van der Waals surface area (Å²) in [5.74, 6) is 1.07. The van der Waals surface area contributed by atoms with E-state index in [1.165, 1.54) is 19.3 Å². The van der Waals surface area contributed by atoms with Crippen LogP contribution in [0, 0.1) is 5.92 Å². The van der Waals surface area contributed by atoms with Crippen molar-refractivity contribution in [2.75, 3.05) is 25.5 Å². The lowest BCUT2D eigenvalue weighted by Crippen LogP contribution is -2.48. The Morgan fingerprint density at radius 3 is 2.52 bits per heavy atom. The minimum absolute atomic E-state index is 0.0864. The maximum absolute atomic E-state index is 13.0. The van der Waals surface area contributed by atoms with Gasteiger partial charge in [0.25, 0.3) is 0 Å². The van der Waals surface area contributed by atoms with Gasteiger partial charge in [0.15, 0.2) is 0 Å². The van der Waals surface area contributed by atoms with Crippen LogP contribution < -0.4 is 10.1 Å². The van der Waals surface area contributed by atoms with Crippen LogP contribution in [0.15, 0.2) is 48.5 Å². The first-order valence-corrected chi connectivity index (χ1v) is 10.0. The molecule has 1 saturated heterocycles. The molecule has 1 aliphatic carbocycles. The van der Waals surface area contributed by atoms with Crippen molar-refractivity contribution in [3.05, 3.63) is 48.5 Å². The molecule has 0 bridgehead atoms. The Bertz CT molecular complexity index is 783. The highest BCUT2D eigenvalue weighted by atomic mass is 16.5. The van der Waals surface area contributed by atoms with Crippen molar-refractivity contribution < 1.29 is 9.53 Å². The average Bonchev–Trinajstić information content (AvgIpc) is 2.67. The lowest BCUT2D eigenvalue weighted by Gasteiger charge is -2.42. The number of benzene rings is 2. The molecule has 0 aromatic heterocycles. The number of nitrogens with zero attached hydrogens (tertiary/aromatic N) is 1. The van der Waals surface area contributed by atoms with E-state index in [0.717, 1.165) is 48.5 Å². The van der Waals surface area contributed by atoms with Gasteiger partial charge in [-0.2, -0.15) is 0 Å². The van der Waals surface area contributed by atoms with Gasteiger partial charge in [-0.1, -0.05) is 36.8 Å². The number of anilines is 1. The van der Waals surface area contributed by atoms with E-state index in [2.05, 4.69) is 16.3 Å². The molecule has 4 rings (SSSR count). The number of nitrogens with one attached hydrogen (secondary N) is 1. The third-order valence-corrected chi connectivity index (χ3v) is 6.00. The zero-order valence-corrected chi connectivity index (χ0v) is 16.0. The fraction of sp³-hybridized carbons (Fsp3) is 0.435. The van der Waals surface area contributed by atoms with Crippen LogP contribution in [0.2, 0.25) is 0 Å². The standard InChI is InChI=1S/C23H28N2O2/c1-27-20-13-11-17(12-14-20)21-9-2-3-10-22(21)24-23(26)18-6-5-15-25(16-18)19-7-4-8-19/h2-3,9-14,18-19H,4-8,15-16H2,1H3,(H,24,26)/t18-/m0/s1. The molecule has 4 nitrogen and oxygen atoms in total. The number of methoxy groups -OCH3 is 1. The number of hydrogen-bond acceptors (Lipinski definition) is 3. The Kier molecular flexibility index (Phi) is 5.44. The Morgan fingerprint density at radius 2 is 1.81 bits per heavy atom. The highest BCUT2D eigenvalue weighted by Gasteiger charge is 2.32. The number of hydrogen-bond donors (Lipinski definition) is 1. The van der Waals surface area contributed by atoms with Crippen molar-refractivity contribution >= 4 is 11.6 Å². The number of rotatable bonds is 5. The van der Waals surface area contributed by atoms with E-state index >= 15 is 0 Å². The van der Waals surface area contributed by atoms with Gasteiger partial charge in [0.1, 0.15) is 5.75 Å². The van der Waals surface area contributed by atoms with Crippen molar-refractivity contribution in [3.63, 3.8) is 0 Å². The van der Waals surface area contributed by atoms with E-state index in [1.807, 2.05) is 42.5 Å². The van der Waals surface area contributed by atoms with Gasteiger partial charge in [0.05, 0.1) is 13.0 Å². The van der Waals surface area contributed by atoms with Crippen LogP contribution in [0.25, 0.3) is 11.1 Å². The van der Waals surface area contributed by atoms with Gasteiger partial charge in [-0.15, -0.1) is 0 Å². The molecule has 1 N–H and O–H groups in total. The zero-order chi connectivity index (χ0) is 18.6. The summed E-state index contributed by atoms with van der Waals surface area (Å²) in [4.78, 5) is 15.5. The van der Waals surface area contributed by atoms with Crippen LogP contribution in [-0.4, -0.2) is 37.0 Å². The molecule has 1 aliphatic heterocycles. The average molecular weight is 364 g/mol. The van der Waals surface area contributed by atoms with Crippen LogP contribution >= 0.6 is 0 Å². The second-order valence-electron chi connectivity index (χ2n) is 7.68. The van der Waals surface area contributed by atoms with Crippen molar-refractivity contribution in [1.29, 1.82) is 0 Å². The van der Waals surface area contributed by atoms with Gasteiger partial charge in [0, 0.05) is 23.8 Å². The molecule has 0 unspecified atom stereocenters. The summed E-state index contributed by atoms with van der Waals surface area (Å²) in [7, 11) is 1.67. The van der Waals surface area contributed by atoms with Crippen molar-refractivity contribution in [3.8, 4) is 16.9 Å². The van der Waals surface area contributed by atoms with Crippen LogP contribution in [0.1, 0.15) is 32.1 Å². The summed E-state index contributed by atoms with van der Waals surface area (Å²) in [5.41, 5.74) is 3.00. The highest BCUT2D eigenvalue weighted by molar-refractivity contribution is 5.97. The van der Waals surface area contributed by atoms with Gasteiger partial charge in [0.2, 0.25) is 5.91 Å². The molecule has 2 fully saturated rings. The Labute approximate surface area is 161 Å². The molecular formula is C23H28N2O2. The second kappa shape index (κ2) is 8.13. The molecule has 0 spiro atoms. The maximum Gasteiger partial charge on any atom is 0.228 e. The first-order chi connectivity index (χ1) is 13.2. The summed E-state index contributed by atoms with van der Waals surface area (Å²) >= 11 is 0. The molecule has 4 heteroatoms. The number of amides is 1. The predicted molar refractivity (Wildman–Crippen MR) is 109 cm³/mol. The van der Waals surface area contributed by atoms with Gasteiger partial charge in [-0.25, -0.2) is 0 Å². The smallest absolute Gasteiger partial charge is 0.228 e. The minimum Gasteiger partial charge on any atom is -0.497 e. The maximum atomic E-state index is 13.0. The van der Waals surface area contributed by atoms with Crippen molar-refractivity contribution in [1.82, 2.24) is 4.90 Å². The molecule has 2 aromatic rings. The van der Waals surface area contributed by atoms with E-state index in [1.54, 1.807) is 7.11 Å². The molecular weight excluding hydrogens is 336 g/mol. The van der Waals surface area contributed by atoms with Crippen LogP contribution in [-0.2, 0) is 4.79 Å². The molecule has 2 aromatic carbocycles. The van der Waals surface area contributed by atoms with Crippen molar-refractivity contribution in [2.45, 2.75) is 38.1 Å².